The van der Waals surface area contributed by atoms with Crippen molar-refractivity contribution in [2.24, 2.45) is 0 Å². The van der Waals surface area contributed by atoms with Gasteiger partial charge in [0.25, 0.3) is 0 Å². The average Bonchev–Trinajstić information content (AvgIpc) is 2.67. The standard InChI is InChI=1S/C10H15N.C8H11NO2.H7P5/c1-3-8-5-9(4-2)7-10(11)6-8;9-8-2-6(4-10)1-7(3-8)5-11;1-4-5(2)3/h5-7H,3-4,11H2,1-2H3;1-3,10-11H,4-5,9H2;4H,1-3H2. The summed E-state index contributed by atoms with van der Waals surface area (Å²) in [7, 11) is 9.24. The Morgan fingerprint density at radius 1 is 0.778 bits per heavy atom. The molecule has 6 N–H and O–H groups in total. The van der Waals surface area contributed by atoms with Gasteiger partial charge in [0.15, 0.2) is 0 Å². The van der Waals surface area contributed by atoms with Gasteiger partial charge in [-0.15, -0.1) is 26.8 Å². The molecular weight excluding hydrogens is 431 g/mol. The van der Waals surface area contributed by atoms with Gasteiger partial charge in [0, 0.05) is 11.4 Å². The topological polar surface area (TPSA) is 92.5 Å². The fourth-order valence-electron chi connectivity index (χ4n) is 2.17. The molecule has 0 fully saturated rings. The molecule has 0 bridgehead atoms. The summed E-state index contributed by atoms with van der Waals surface area (Å²) in [5.74, 6) is 0. The van der Waals surface area contributed by atoms with Crippen molar-refractivity contribution in [1.29, 1.82) is 0 Å². The van der Waals surface area contributed by atoms with Crippen molar-refractivity contribution < 1.29 is 10.2 Å². The van der Waals surface area contributed by atoms with Gasteiger partial charge in [0.2, 0.25) is 0 Å². The van der Waals surface area contributed by atoms with E-state index in [2.05, 4.69) is 46.7 Å². The minimum atomic E-state index is -0.0436. The molecule has 0 aliphatic heterocycles. The third kappa shape index (κ3) is 13.0. The molecule has 9 heteroatoms. The van der Waals surface area contributed by atoms with Crippen LogP contribution in [0.3, 0.4) is 0 Å². The van der Waals surface area contributed by atoms with Crippen LogP contribution >= 0.6 is 41.7 Å². The van der Waals surface area contributed by atoms with Crippen LogP contribution in [-0.2, 0) is 26.1 Å². The first-order chi connectivity index (χ1) is 12.8. The van der Waals surface area contributed by atoms with Crippen LogP contribution in [0.25, 0.3) is 0 Å². The second kappa shape index (κ2) is 16.0. The van der Waals surface area contributed by atoms with Crippen LogP contribution in [-0.4, -0.2) is 10.2 Å². The first-order valence-corrected chi connectivity index (χ1v) is 16.8. The average molecular weight is 464 g/mol. The lowest BCUT2D eigenvalue weighted by Crippen LogP contribution is -1.93. The zero-order valence-corrected chi connectivity index (χ0v) is 21.4. The van der Waals surface area contributed by atoms with Gasteiger partial charge in [-0.1, -0.05) is 33.9 Å². The number of rotatable bonds is 5. The normalized spacial score (nSPS) is 10.4. The fourth-order valence-corrected chi connectivity index (χ4v) is 2.17. The maximum absolute atomic E-state index is 8.74. The summed E-state index contributed by atoms with van der Waals surface area (Å²) in [5, 5.41) is 17.5. The van der Waals surface area contributed by atoms with Crippen LogP contribution in [0.1, 0.15) is 36.1 Å². The second-order valence-electron chi connectivity index (χ2n) is 5.73. The van der Waals surface area contributed by atoms with Crippen LogP contribution in [0, 0.1) is 0 Å². The van der Waals surface area contributed by atoms with E-state index in [1.54, 1.807) is 18.2 Å². The van der Waals surface area contributed by atoms with Crippen molar-refractivity contribution >= 4 is 53.1 Å². The van der Waals surface area contributed by atoms with E-state index in [9.17, 15) is 0 Å². The molecule has 2 aromatic carbocycles. The van der Waals surface area contributed by atoms with E-state index >= 15 is 0 Å². The highest BCUT2D eigenvalue weighted by Gasteiger charge is 1.96. The summed E-state index contributed by atoms with van der Waals surface area (Å²) in [5.41, 5.74) is 16.8. The Hall–Kier alpha value is 0.110. The summed E-state index contributed by atoms with van der Waals surface area (Å²) in [6.07, 6.45) is 2.13. The van der Waals surface area contributed by atoms with E-state index in [0.29, 0.717) is 5.69 Å². The molecule has 0 heterocycles. The molecule has 2 aromatic rings. The highest BCUT2D eigenvalue weighted by Crippen LogP contribution is 2.71. The molecule has 0 aliphatic rings. The molecule has 4 nitrogen and oxygen atoms in total. The molecule has 0 aromatic heterocycles. The molecule has 152 valence electrons. The molecule has 4 unspecified atom stereocenters. The maximum Gasteiger partial charge on any atom is 0.0682 e. The second-order valence-corrected chi connectivity index (χ2v) is 19.7. The van der Waals surface area contributed by atoms with Gasteiger partial charge in [-0.25, -0.2) is 0 Å². The number of hydrogen-bond acceptors (Lipinski definition) is 4. The zero-order valence-electron chi connectivity index (χ0n) is 16.0. The summed E-state index contributed by atoms with van der Waals surface area (Å²) < 4.78 is 0. The Morgan fingerprint density at radius 2 is 1.07 bits per heavy atom. The number of aryl methyl sites for hydroxylation is 2. The van der Waals surface area contributed by atoms with Crippen molar-refractivity contribution in [3.05, 3.63) is 58.7 Å². The molecule has 0 amide bonds. The van der Waals surface area contributed by atoms with Crippen molar-refractivity contribution in [1.82, 2.24) is 0 Å². The lowest BCUT2D eigenvalue weighted by molar-refractivity contribution is 0.275. The number of aliphatic hydroxyl groups is 2. The molecule has 0 radical (unpaired) electrons. The van der Waals surface area contributed by atoms with Gasteiger partial charge >= 0.3 is 0 Å². The van der Waals surface area contributed by atoms with Crippen LogP contribution in [0.15, 0.2) is 36.4 Å². The van der Waals surface area contributed by atoms with Crippen molar-refractivity contribution in [2.45, 2.75) is 39.9 Å². The number of nitrogens with two attached hydrogens (primary N) is 2. The molecule has 4 atom stereocenters. The molecule has 0 saturated heterocycles. The number of aliphatic hydroxyl groups excluding tert-OH is 2. The van der Waals surface area contributed by atoms with E-state index in [-0.39, 0.29) is 20.2 Å². The molecule has 2 rings (SSSR count). The highest BCUT2D eigenvalue weighted by atomic mass is 32.8. The number of hydrogen-bond donors (Lipinski definition) is 4. The summed E-state index contributed by atoms with van der Waals surface area (Å²) in [6, 6.07) is 11.4. The number of anilines is 2. The number of nitrogen functional groups attached to an aromatic ring is 2. The van der Waals surface area contributed by atoms with Crippen molar-refractivity contribution in [3.63, 3.8) is 0 Å². The molecule has 0 aliphatic carbocycles. The van der Waals surface area contributed by atoms with Gasteiger partial charge < -0.3 is 21.7 Å². The summed E-state index contributed by atoms with van der Waals surface area (Å²) in [4.78, 5) is 0. The fraction of sp³-hybridized carbons (Fsp3) is 0.333. The minimum Gasteiger partial charge on any atom is -0.399 e. The Bertz CT molecular complexity index is 574. The van der Waals surface area contributed by atoms with Crippen LogP contribution in [0.2, 0.25) is 0 Å². The van der Waals surface area contributed by atoms with Gasteiger partial charge in [0.05, 0.1) is 13.2 Å². The molecule has 0 saturated carbocycles. The van der Waals surface area contributed by atoms with E-state index in [1.165, 1.54) is 11.1 Å². The first-order valence-electron chi connectivity index (χ1n) is 8.53. The smallest absolute Gasteiger partial charge is 0.0682 e. The molecular formula is C18H33N2O2P5. The first kappa shape index (κ1) is 27.1. The summed E-state index contributed by atoms with van der Waals surface area (Å²) in [6.45, 7) is 4.43. The van der Waals surface area contributed by atoms with Gasteiger partial charge in [0.1, 0.15) is 0 Å². The monoisotopic (exact) mass is 464 g/mol. The van der Waals surface area contributed by atoms with Crippen LogP contribution < -0.4 is 11.5 Å². The van der Waals surface area contributed by atoms with E-state index in [0.717, 1.165) is 37.6 Å². The lowest BCUT2D eigenvalue weighted by Gasteiger charge is -2.02. The Kier molecular flexibility index (Phi) is 16.0. The number of benzene rings is 2. The zero-order chi connectivity index (χ0) is 20.8. The largest absolute Gasteiger partial charge is 0.399 e. The minimum absolute atomic E-state index is 0.0436. The van der Waals surface area contributed by atoms with Crippen LogP contribution in [0.4, 0.5) is 11.4 Å². The molecule has 27 heavy (non-hydrogen) atoms. The highest BCUT2D eigenvalue weighted by molar-refractivity contribution is 8.77. The van der Waals surface area contributed by atoms with E-state index in [1.807, 2.05) is 12.1 Å². The third-order valence-corrected chi connectivity index (χ3v) is 15.4. The van der Waals surface area contributed by atoms with Crippen molar-refractivity contribution in [2.75, 3.05) is 11.5 Å². The van der Waals surface area contributed by atoms with Crippen LogP contribution in [0.5, 0.6) is 0 Å². The predicted molar refractivity (Wildman–Crippen MR) is 137 cm³/mol. The maximum atomic E-state index is 8.74. The quantitative estimate of drug-likeness (QED) is 0.367. The Balaban J connectivity index is 0.000000405. The van der Waals surface area contributed by atoms with Crippen molar-refractivity contribution in [3.8, 4) is 0 Å². The SMILES string of the molecule is CCc1cc(N)cc(CC)c1.Nc1cc(CO)cc(CO)c1.PPP(P)P. The molecule has 0 spiro atoms. The van der Waals surface area contributed by atoms with Gasteiger partial charge in [-0.05, 0) is 66.3 Å². The third-order valence-electron chi connectivity index (χ3n) is 3.48. The van der Waals surface area contributed by atoms with Gasteiger partial charge in [-0.2, -0.15) is 0 Å². The Labute approximate surface area is 173 Å². The predicted octanol–water partition coefficient (Wildman–Crippen LogP) is 5.08. The summed E-state index contributed by atoms with van der Waals surface area (Å²) >= 11 is 0. The lowest BCUT2D eigenvalue weighted by atomic mass is 10.1. The Morgan fingerprint density at radius 3 is 1.33 bits per heavy atom. The van der Waals surface area contributed by atoms with Gasteiger partial charge in [-0.3, -0.25) is 0 Å². The van der Waals surface area contributed by atoms with E-state index < -0.39 is 0 Å². The van der Waals surface area contributed by atoms with E-state index in [4.69, 9.17) is 21.7 Å².